The van der Waals surface area contributed by atoms with Crippen LogP contribution in [-0.2, 0) is 5.33 Å². The largest absolute Gasteiger partial charge is 0.436 e. The minimum atomic E-state index is 0.578. The Kier molecular flexibility index (Phi) is 4.08. The lowest BCUT2D eigenvalue weighted by Crippen LogP contribution is -1.94. The number of pyridine rings is 2. The number of fused-ring (bicyclic) bond motifs is 1. The van der Waals surface area contributed by atoms with E-state index in [2.05, 4.69) is 25.9 Å². The molecule has 0 N–H and O–H groups in total. The molecular weight excluding hydrogens is 352 g/mol. The summed E-state index contributed by atoms with van der Waals surface area (Å²) >= 11 is 9.60. The normalized spacial score (nSPS) is 10.8. The first kappa shape index (κ1) is 14.3. The zero-order valence-corrected chi connectivity index (χ0v) is 13.6. The van der Waals surface area contributed by atoms with Crippen LogP contribution in [0.25, 0.3) is 10.9 Å². The first-order chi connectivity index (χ1) is 10.2. The minimum absolute atomic E-state index is 0.578. The number of halogens is 2. The Hall–Kier alpha value is -1.65. The van der Waals surface area contributed by atoms with E-state index in [4.69, 9.17) is 16.3 Å². The van der Waals surface area contributed by atoms with Crippen molar-refractivity contribution in [2.24, 2.45) is 0 Å². The molecule has 21 heavy (non-hydrogen) atoms. The Bertz CT molecular complexity index is 807. The molecule has 3 aromatic rings. The second-order valence-electron chi connectivity index (χ2n) is 4.65. The fourth-order valence-corrected chi connectivity index (χ4v) is 2.62. The van der Waals surface area contributed by atoms with E-state index in [0.717, 1.165) is 27.4 Å². The van der Waals surface area contributed by atoms with Gasteiger partial charge in [-0.2, -0.15) is 0 Å². The Balaban J connectivity index is 2.04. The molecule has 0 saturated heterocycles. The van der Waals surface area contributed by atoms with E-state index in [1.807, 2.05) is 37.3 Å². The lowest BCUT2D eigenvalue weighted by Gasteiger charge is -2.10. The van der Waals surface area contributed by atoms with Crippen molar-refractivity contribution in [1.82, 2.24) is 9.97 Å². The number of aryl methyl sites for hydroxylation is 1. The van der Waals surface area contributed by atoms with Crippen molar-refractivity contribution < 1.29 is 4.74 Å². The molecule has 2 aromatic heterocycles. The van der Waals surface area contributed by atoms with Crippen molar-refractivity contribution >= 4 is 38.4 Å². The highest BCUT2D eigenvalue weighted by atomic mass is 79.9. The maximum Gasteiger partial charge on any atom is 0.222 e. The van der Waals surface area contributed by atoms with Crippen LogP contribution in [0.1, 0.15) is 11.1 Å². The second-order valence-corrected chi connectivity index (χ2v) is 5.61. The maximum atomic E-state index is 6.19. The van der Waals surface area contributed by atoms with Gasteiger partial charge in [-0.25, -0.2) is 4.98 Å². The van der Waals surface area contributed by atoms with Crippen LogP contribution < -0.4 is 4.74 Å². The molecule has 3 nitrogen and oxygen atoms in total. The molecule has 0 radical (unpaired) electrons. The van der Waals surface area contributed by atoms with E-state index in [1.165, 1.54) is 0 Å². The number of hydrogen-bond acceptors (Lipinski definition) is 3. The van der Waals surface area contributed by atoms with Crippen LogP contribution in [0.2, 0.25) is 5.02 Å². The van der Waals surface area contributed by atoms with Gasteiger partial charge < -0.3 is 4.74 Å². The average molecular weight is 364 g/mol. The molecule has 0 bridgehead atoms. The molecule has 106 valence electrons. The minimum Gasteiger partial charge on any atom is -0.436 e. The Morgan fingerprint density at radius 1 is 1.24 bits per heavy atom. The third-order valence-corrected chi connectivity index (χ3v) is 4.10. The van der Waals surface area contributed by atoms with Gasteiger partial charge in [0, 0.05) is 28.7 Å². The Morgan fingerprint density at radius 3 is 2.86 bits per heavy atom. The van der Waals surface area contributed by atoms with Gasteiger partial charge in [0.1, 0.15) is 5.52 Å². The summed E-state index contributed by atoms with van der Waals surface area (Å²) in [5, 5.41) is 2.29. The summed E-state index contributed by atoms with van der Waals surface area (Å²) in [5.41, 5.74) is 2.82. The van der Waals surface area contributed by atoms with E-state index < -0.39 is 0 Å². The van der Waals surface area contributed by atoms with E-state index in [1.54, 1.807) is 12.4 Å². The number of aromatic nitrogens is 2. The second kappa shape index (κ2) is 6.00. The SMILES string of the molecule is Cc1cc(CBr)cnc1Oc1ccc(Cl)c2cccnc12. The summed E-state index contributed by atoms with van der Waals surface area (Å²) in [5.74, 6) is 1.23. The predicted molar refractivity (Wildman–Crippen MR) is 88.4 cm³/mol. The molecule has 5 heteroatoms. The maximum absolute atomic E-state index is 6.19. The first-order valence-electron chi connectivity index (χ1n) is 6.41. The van der Waals surface area contributed by atoms with Gasteiger partial charge >= 0.3 is 0 Å². The van der Waals surface area contributed by atoms with Gasteiger partial charge in [0.05, 0.1) is 5.02 Å². The summed E-state index contributed by atoms with van der Waals surface area (Å²) in [6, 6.07) is 9.45. The van der Waals surface area contributed by atoms with Crippen LogP contribution >= 0.6 is 27.5 Å². The Labute approximate surface area is 136 Å². The Morgan fingerprint density at radius 2 is 2.10 bits per heavy atom. The number of ether oxygens (including phenoxy) is 1. The number of alkyl halides is 1. The quantitative estimate of drug-likeness (QED) is 0.594. The summed E-state index contributed by atoms with van der Waals surface area (Å²) in [6.07, 6.45) is 3.52. The third kappa shape index (κ3) is 2.87. The van der Waals surface area contributed by atoms with E-state index >= 15 is 0 Å². The molecule has 1 aromatic carbocycles. The molecule has 0 aliphatic heterocycles. The van der Waals surface area contributed by atoms with Crippen molar-refractivity contribution in [3.05, 3.63) is 58.9 Å². The molecule has 0 atom stereocenters. The smallest absolute Gasteiger partial charge is 0.222 e. The molecule has 2 heterocycles. The van der Waals surface area contributed by atoms with Crippen molar-refractivity contribution in [2.75, 3.05) is 0 Å². The van der Waals surface area contributed by atoms with Crippen LogP contribution in [0.15, 0.2) is 42.7 Å². The number of rotatable bonds is 3. The molecule has 0 amide bonds. The van der Waals surface area contributed by atoms with E-state index in [0.29, 0.717) is 16.7 Å². The highest BCUT2D eigenvalue weighted by Gasteiger charge is 2.10. The van der Waals surface area contributed by atoms with Gasteiger partial charge in [0.25, 0.3) is 0 Å². The molecule has 3 rings (SSSR count). The standard InChI is InChI=1S/C16H12BrClN2O/c1-10-7-11(8-17)9-20-16(10)21-14-5-4-13(18)12-3-2-6-19-15(12)14/h2-7,9H,8H2,1H3. The molecule has 0 spiro atoms. The number of benzene rings is 1. The first-order valence-corrected chi connectivity index (χ1v) is 7.91. The molecule has 0 aliphatic carbocycles. The van der Waals surface area contributed by atoms with Gasteiger partial charge in [-0.15, -0.1) is 0 Å². The monoisotopic (exact) mass is 362 g/mol. The predicted octanol–water partition coefficient (Wildman–Crippen LogP) is 5.28. The van der Waals surface area contributed by atoms with Gasteiger partial charge in [-0.1, -0.05) is 27.5 Å². The van der Waals surface area contributed by atoms with E-state index in [-0.39, 0.29) is 0 Å². The van der Waals surface area contributed by atoms with Crippen LogP contribution in [-0.4, -0.2) is 9.97 Å². The number of nitrogens with zero attached hydrogens (tertiary/aromatic N) is 2. The molecule has 0 unspecified atom stereocenters. The van der Waals surface area contributed by atoms with Gasteiger partial charge in [-0.3, -0.25) is 4.98 Å². The number of hydrogen-bond donors (Lipinski definition) is 0. The van der Waals surface area contributed by atoms with Crippen molar-refractivity contribution in [1.29, 1.82) is 0 Å². The van der Waals surface area contributed by atoms with Gasteiger partial charge in [0.15, 0.2) is 5.75 Å². The van der Waals surface area contributed by atoms with Crippen LogP contribution in [0.5, 0.6) is 11.6 Å². The van der Waals surface area contributed by atoms with Crippen LogP contribution in [0.4, 0.5) is 0 Å². The lowest BCUT2D eigenvalue weighted by molar-refractivity contribution is 0.463. The lowest BCUT2D eigenvalue weighted by atomic mass is 10.2. The van der Waals surface area contributed by atoms with Crippen molar-refractivity contribution in [3.63, 3.8) is 0 Å². The fraction of sp³-hybridized carbons (Fsp3) is 0.125. The molecule has 0 aliphatic rings. The van der Waals surface area contributed by atoms with Crippen molar-refractivity contribution in [3.8, 4) is 11.6 Å². The van der Waals surface area contributed by atoms with Crippen LogP contribution in [0, 0.1) is 6.92 Å². The highest BCUT2D eigenvalue weighted by Crippen LogP contribution is 2.33. The topological polar surface area (TPSA) is 35.0 Å². The van der Waals surface area contributed by atoms with Crippen LogP contribution in [0.3, 0.4) is 0 Å². The van der Waals surface area contributed by atoms with E-state index in [9.17, 15) is 0 Å². The molecule has 0 saturated carbocycles. The zero-order chi connectivity index (χ0) is 14.8. The molecular formula is C16H12BrClN2O. The highest BCUT2D eigenvalue weighted by molar-refractivity contribution is 9.08. The third-order valence-electron chi connectivity index (χ3n) is 3.13. The summed E-state index contributed by atoms with van der Waals surface area (Å²) < 4.78 is 5.93. The summed E-state index contributed by atoms with van der Waals surface area (Å²) in [4.78, 5) is 8.72. The van der Waals surface area contributed by atoms with Gasteiger partial charge in [-0.05, 0) is 42.8 Å². The average Bonchev–Trinajstić information content (AvgIpc) is 2.52. The summed E-state index contributed by atoms with van der Waals surface area (Å²) in [7, 11) is 0. The van der Waals surface area contributed by atoms with Crippen molar-refractivity contribution in [2.45, 2.75) is 12.3 Å². The zero-order valence-electron chi connectivity index (χ0n) is 11.3. The summed E-state index contributed by atoms with van der Waals surface area (Å²) in [6.45, 7) is 1.97. The fourth-order valence-electron chi connectivity index (χ4n) is 2.10. The molecule has 0 fully saturated rings. The van der Waals surface area contributed by atoms with Gasteiger partial charge in [0.2, 0.25) is 5.88 Å².